The molecule has 0 aliphatic carbocycles. The number of fused-ring (bicyclic) bond motifs is 2. The van der Waals surface area contributed by atoms with Crippen LogP contribution in [-0.2, 0) is 39.9 Å². The number of carbonyl (C=O) groups is 7. The van der Waals surface area contributed by atoms with Crippen molar-refractivity contribution in [1.29, 1.82) is 0 Å². The van der Waals surface area contributed by atoms with E-state index in [0.717, 1.165) is 27.5 Å². The summed E-state index contributed by atoms with van der Waals surface area (Å²) >= 11 is 0. The first-order valence-electron chi connectivity index (χ1n) is 18.8. The fraction of sp³-hybridized carbons (Fsp3) is 0.513. The number of cyclic esters (lactones) is 1. The van der Waals surface area contributed by atoms with Crippen molar-refractivity contribution in [3.63, 3.8) is 0 Å². The highest BCUT2D eigenvalue weighted by Crippen LogP contribution is 2.27. The van der Waals surface area contributed by atoms with Gasteiger partial charge in [0.05, 0.1) is 6.10 Å². The summed E-state index contributed by atoms with van der Waals surface area (Å²) in [7, 11) is 1.34. The van der Waals surface area contributed by atoms with Gasteiger partial charge in [-0.1, -0.05) is 24.6 Å². The van der Waals surface area contributed by atoms with E-state index in [9.17, 15) is 47.4 Å². The molecule has 9 atom stereocenters. The molecular weight excluding hydrogens is 748 g/mol. The summed E-state index contributed by atoms with van der Waals surface area (Å²) in [5, 5.41) is 20.9. The molecular formula is C39H49F2N7O9. The van der Waals surface area contributed by atoms with Crippen molar-refractivity contribution >= 4 is 47.2 Å². The molecule has 0 radical (unpaired) electrons. The number of amides is 7. The van der Waals surface area contributed by atoms with Crippen LogP contribution in [0.2, 0.25) is 0 Å². The third-order valence-corrected chi connectivity index (χ3v) is 10.6. The lowest BCUT2D eigenvalue weighted by molar-refractivity contribution is -0.162. The summed E-state index contributed by atoms with van der Waals surface area (Å²) < 4.78 is 34.4. The molecule has 3 aliphatic rings. The number of benzene rings is 2. The lowest BCUT2D eigenvalue weighted by Gasteiger charge is -2.36. The standard InChI is InChI=1S/C39H49F2N7O9/c1-19-7-9-27(10-8-19)43-39(56)44-29(14-24-12-25(40)15-26(41)13-24)34(51)45-32-23(5)57-38(55)31-11-20(2)17-47(31)35(52)21(3)42-33(50)22(4)46(6)36(53)30-16-28(49)18-48(30)37(32)54/h7-10,12-13,15,20-23,28-32,49H,11,14,16-18H2,1-6H3,(H,42,50)(H,45,51)(H2,43,44,56)/t20-,21+,22+,23+,28-,29+,30+,31+,32+/m1/s1. The quantitative estimate of drug-likeness (QED) is 0.264. The number of ether oxygens (including phenoxy) is 1. The Labute approximate surface area is 328 Å². The molecule has 0 bridgehead atoms. The second kappa shape index (κ2) is 17.7. The lowest BCUT2D eigenvalue weighted by atomic mass is 10.0. The fourth-order valence-corrected chi connectivity index (χ4v) is 7.33. The molecule has 308 valence electrons. The summed E-state index contributed by atoms with van der Waals surface area (Å²) in [6.07, 6.45) is -3.14. The molecule has 2 aromatic rings. The third-order valence-electron chi connectivity index (χ3n) is 10.6. The van der Waals surface area contributed by atoms with Gasteiger partial charge in [-0.15, -0.1) is 0 Å². The summed E-state index contributed by atoms with van der Waals surface area (Å²) in [6.45, 7) is 7.67. The van der Waals surface area contributed by atoms with Crippen LogP contribution in [0.25, 0.3) is 0 Å². The van der Waals surface area contributed by atoms with Gasteiger partial charge in [0.2, 0.25) is 29.5 Å². The molecule has 18 heteroatoms. The van der Waals surface area contributed by atoms with Gasteiger partial charge in [0.1, 0.15) is 54.0 Å². The van der Waals surface area contributed by atoms with Crippen LogP contribution in [0.15, 0.2) is 42.5 Å². The molecule has 0 saturated carbocycles. The van der Waals surface area contributed by atoms with Crippen molar-refractivity contribution in [2.45, 2.75) is 102 Å². The van der Waals surface area contributed by atoms with Crippen LogP contribution in [0.4, 0.5) is 19.3 Å². The number of anilines is 1. The Kier molecular flexibility index (Phi) is 13.2. The van der Waals surface area contributed by atoms with Gasteiger partial charge in [-0.3, -0.25) is 24.0 Å². The van der Waals surface area contributed by atoms with Gasteiger partial charge >= 0.3 is 12.0 Å². The molecule has 0 aromatic heterocycles. The first kappa shape index (κ1) is 42.5. The number of aryl methyl sites for hydroxylation is 1. The van der Waals surface area contributed by atoms with E-state index in [1.165, 1.54) is 32.7 Å². The molecule has 0 unspecified atom stereocenters. The maximum Gasteiger partial charge on any atom is 0.329 e. The molecule has 5 N–H and O–H groups in total. The van der Waals surface area contributed by atoms with Gasteiger partial charge in [0.15, 0.2) is 0 Å². The summed E-state index contributed by atoms with van der Waals surface area (Å²) in [4.78, 5) is 100. The number of urea groups is 1. The van der Waals surface area contributed by atoms with E-state index in [1.54, 1.807) is 24.3 Å². The fourth-order valence-electron chi connectivity index (χ4n) is 7.33. The van der Waals surface area contributed by atoms with E-state index in [2.05, 4.69) is 21.3 Å². The minimum absolute atomic E-state index is 0.0176. The Morgan fingerprint density at radius 2 is 1.53 bits per heavy atom. The highest BCUT2D eigenvalue weighted by Gasteiger charge is 2.47. The topological polar surface area (TPSA) is 207 Å². The van der Waals surface area contributed by atoms with Crippen LogP contribution in [0, 0.1) is 24.5 Å². The number of nitrogens with zero attached hydrogens (tertiary/aromatic N) is 3. The summed E-state index contributed by atoms with van der Waals surface area (Å²) in [5.41, 5.74) is 1.26. The van der Waals surface area contributed by atoms with Crippen LogP contribution in [0.3, 0.4) is 0 Å². The molecule has 3 fully saturated rings. The Morgan fingerprint density at radius 3 is 2.18 bits per heavy atom. The van der Waals surface area contributed by atoms with Crippen molar-refractivity contribution in [2.24, 2.45) is 5.92 Å². The Bertz CT molecular complexity index is 1880. The normalized spacial score (nSPS) is 27.9. The Hall–Kier alpha value is -5.65. The van der Waals surface area contributed by atoms with Gasteiger partial charge in [-0.05, 0) is 69.9 Å². The van der Waals surface area contributed by atoms with Crippen LogP contribution in [-0.4, -0.2) is 130 Å². The number of esters is 1. The van der Waals surface area contributed by atoms with Gasteiger partial charge in [-0.25, -0.2) is 18.4 Å². The third kappa shape index (κ3) is 10.0. The van der Waals surface area contributed by atoms with Gasteiger partial charge < -0.3 is 45.8 Å². The number of likely N-dealkylation sites (N-methyl/N-ethyl adjacent to an activating group) is 1. The van der Waals surface area contributed by atoms with Crippen molar-refractivity contribution < 1.29 is 52.2 Å². The van der Waals surface area contributed by atoms with E-state index < -0.39 is 108 Å². The lowest BCUT2D eigenvalue weighted by Crippen LogP contribution is -2.62. The van der Waals surface area contributed by atoms with Crippen LogP contribution in [0.5, 0.6) is 0 Å². The molecule has 5 rings (SSSR count). The van der Waals surface area contributed by atoms with E-state index in [-0.39, 0.29) is 37.4 Å². The molecule has 0 spiro atoms. The number of halogens is 2. The van der Waals surface area contributed by atoms with Crippen molar-refractivity contribution in [3.8, 4) is 0 Å². The van der Waals surface area contributed by atoms with Crippen LogP contribution < -0.4 is 21.3 Å². The maximum absolute atomic E-state index is 14.5. The van der Waals surface area contributed by atoms with Crippen LogP contribution in [0.1, 0.15) is 51.7 Å². The minimum atomic E-state index is -1.75. The minimum Gasteiger partial charge on any atom is -0.458 e. The van der Waals surface area contributed by atoms with E-state index in [4.69, 9.17) is 4.74 Å². The number of rotatable bonds is 6. The monoisotopic (exact) mass is 797 g/mol. The van der Waals surface area contributed by atoms with E-state index >= 15 is 0 Å². The van der Waals surface area contributed by atoms with Crippen molar-refractivity contribution in [1.82, 2.24) is 30.7 Å². The smallest absolute Gasteiger partial charge is 0.329 e. The molecule has 16 nitrogen and oxygen atoms in total. The summed E-state index contributed by atoms with van der Waals surface area (Å²) in [6, 6.07) is 0.436. The highest BCUT2D eigenvalue weighted by molar-refractivity contribution is 5.98. The van der Waals surface area contributed by atoms with Crippen LogP contribution >= 0.6 is 0 Å². The number of aliphatic hydroxyl groups excluding tert-OH is 1. The zero-order chi connectivity index (χ0) is 41.9. The van der Waals surface area contributed by atoms with Gasteiger partial charge in [0, 0.05) is 44.7 Å². The Balaban J connectivity index is 1.51. The number of hydrogen-bond donors (Lipinski definition) is 5. The zero-order valence-electron chi connectivity index (χ0n) is 32.6. The van der Waals surface area contributed by atoms with Crippen molar-refractivity contribution in [3.05, 3.63) is 65.2 Å². The van der Waals surface area contributed by atoms with Gasteiger partial charge in [-0.2, -0.15) is 0 Å². The molecule has 3 heterocycles. The number of nitrogens with one attached hydrogen (secondary N) is 4. The van der Waals surface area contributed by atoms with Crippen molar-refractivity contribution in [2.75, 3.05) is 25.5 Å². The second-order valence-corrected chi connectivity index (χ2v) is 15.2. The number of carbonyl (C=O) groups excluding carboxylic acids is 7. The highest BCUT2D eigenvalue weighted by atomic mass is 19.1. The average molecular weight is 798 g/mol. The average Bonchev–Trinajstić information content (AvgIpc) is 3.74. The van der Waals surface area contributed by atoms with E-state index in [0.29, 0.717) is 11.8 Å². The Morgan fingerprint density at radius 1 is 0.895 bits per heavy atom. The predicted molar refractivity (Wildman–Crippen MR) is 200 cm³/mol. The second-order valence-electron chi connectivity index (χ2n) is 15.2. The SMILES string of the molecule is Cc1ccc(NC(=O)N[C@@H](Cc2cc(F)cc(F)c2)C(=O)N[C@@H]2C(=O)N3C[C@H](O)C[C@H]3C(=O)N(C)[C@@H](C)C(=O)N[C@@H](C)C(=O)N3C[C@H](C)C[C@H]3C(=O)O[C@H]2C)cc1. The molecule has 3 saturated heterocycles. The predicted octanol–water partition coefficient (Wildman–Crippen LogP) is 0.987. The largest absolute Gasteiger partial charge is 0.458 e. The van der Waals surface area contributed by atoms with Gasteiger partial charge in [0.25, 0.3) is 0 Å². The number of hydrogen-bond acceptors (Lipinski definition) is 9. The molecule has 2 aromatic carbocycles. The molecule has 3 aliphatic heterocycles. The summed E-state index contributed by atoms with van der Waals surface area (Å²) in [5.74, 6) is -6.88. The first-order chi connectivity index (χ1) is 26.8. The number of aliphatic hydroxyl groups is 1. The zero-order valence-corrected chi connectivity index (χ0v) is 32.6. The molecule has 57 heavy (non-hydrogen) atoms. The first-order valence-corrected chi connectivity index (χ1v) is 18.8. The molecule has 7 amide bonds. The maximum atomic E-state index is 14.5. The van der Waals surface area contributed by atoms with E-state index in [1.807, 2.05) is 13.8 Å².